The predicted molar refractivity (Wildman–Crippen MR) is 103 cm³/mol. The summed E-state index contributed by atoms with van der Waals surface area (Å²) in [6.45, 7) is 5.02. The van der Waals surface area contributed by atoms with Crippen molar-refractivity contribution in [3.05, 3.63) is 60.0 Å². The number of rotatable bonds is 5. The van der Waals surface area contributed by atoms with Crippen molar-refractivity contribution in [2.45, 2.75) is 44.8 Å². The molecule has 1 N–H and O–H groups in total. The predicted octanol–water partition coefficient (Wildman–Crippen LogP) is 4.09. The fraction of sp³-hybridized carbons (Fsp3) is 0.381. The van der Waals surface area contributed by atoms with E-state index in [1.165, 1.54) is 0 Å². The second kappa shape index (κ2) is 7.48. The van der Waals surface area contributed by atoms with Gasteiger partial charge in [0.1, 0.15) is 5.82 Å². The molecule has 27 heavy (non-hydrogen) atoms. The number of anilines is 1. The van der Waals surface area contributed by atoms with Crippen molar-refractivity contribution in [1.82, 2.24) is 15.1 Å². The third kappa shape index (κ3) is 4.52. The van der Waals surface area contributed by atoms with Gasteiger partial charge in [0.15, 0.2) is 5.82 Å². The number of nitrogens with zero attached hydrogens (tertiary/aromatic N) is 3. The molecule has 3 aromatic rings. The Morgan fingerprint density at radius 3 is 2.74 bits per heavy atom. The molecule has 6 heteroatoms. The van der Waals surface area contributed by atoms with E-state index in [-0.39, 0.29) is 5.60 Å². The topological polar surface area (TPSA) is 73.1 Å². The van der Waals surface area contributed by atoms with Crippen molar-refractivity contribution >= 4 is 5.82 Å². The van der Waals surface area contributed by atoms with E-state index < -0.39 is 0 Å². The first-order chi connectivity index (χ1) is 13.1. The molecule has 0 spiro atoms. The van der Waals surface area contributed by atoms with Gasteiger partial charge in [0.2, 0.25) is 0 Å². The molecule has 0 saturated carbocycles. The third-order valence-electron chi connectivity index (χ3n) is 4.73. The van der Waals surface area contributed by atoms with Gasteiger partial charge in [-0.15, -0.1) is 0 Å². The third-order valence-corrected chi connectivity index (χ3v) is 4.73. The van der Waals surface area contributed by atoms with Gasteiger partial charge >= 0.3 is 0 Å². The molecule has 1 aliphatic rings. The lowest BCUT2D eigenvalue weighted by Crippen LogP contribution is -2.40. The van der Waals surface area contributed by atoms with Gasteiger partial charge in [0.05, 0.1) is 11.2 Å². The molecule has 3 heterocycles. The molecule has 0 bridgehead atoms. The average Bonchev–Trinajstić information content (AvgIpc) is 3.11. The quantitative estimate of drug-likeness (QED) is 0.735. The van der Waals surface area contributed by atoms with Gasteiger partial charge in [-0.3, -0.25) is 0 Å². The van der Waals surface area contributed by atoms with Gasteiger partial charge in [0, 0.05) is 25.3 Å². The Morgan fingerprint density at radius 2 is 2.00 bits per heavy atom. The van der Waals surface area contributed by atoms with Crippen LogP contribution in [0.15, 0.2) is 53.2 Å². The Balaban J connectivity index is 1.40. The zero-order valence-electron chi connectivity index (χ0n) is 15.7. The standard InChI is InChI=1S/C21H24N4O2/c1-21(2)13-17(10-11-26-21)23-18-9-8-16(14-22-18)20-24-19(25-27-20)12-15-6-4-3-5-7-15/h3-9,14,17H,10-13H2,1-2H3,(H,22,23)/t17-/m1/s1. The van der Waals surface area contributed by atoms with E-state index >= 15 is 0 Å². The van der Waals surface area contributed by atoms with Crippen LogP contribution in [0.2, 0.25) is 0 Å². The first-order valence-corrected chi connectivity index (χ1v) is 9.31. The number of hydrogen-bond donors (Lipinski definition) is 1. The highest BCUT2D eigenvalue weighted by Gasteiger charge is 2.28. The average molecular weight is 364 g/mol. The molecule has 0 amide bonds. The van der Waals surface area contributed by atoms with Gasteiger partial charge < -0.3 is 14.6 Å². The number of hydrogen-bond acceptors (Lipinski definition) is 6. The highest BCUT2D eigenvalue weighted by molar-refractivity contribution is 5.54. The van der Waals surface area contributed by atoms with Gasteiger partial charge in [0.25, 0.3) is 5.89 Å². The molecule has 140 valence electrons. The lowest BCUT2D eigenvalue weighted by atomic mass is 9.94. The van der Waals surface area contributed by atoms with E-state index in [0.717, 1.165) is 36.4 Å². The summed E-state index contributed by atoms with van der Waals surface area (Å²) in [4.78, 5) is 9.00. The van der Waals surface area contributed by atoms with Crippen LogP contribution in [0.5, 0.6) is 0 Å². The molecule has 0 aliphatic carbocycles. The lowest BCUT2D eigenvalue weighted by molar-refractivity contribution is -0.0553. The second-order valence-electron chi connectivity index (χ2n) is 7.55. The molecular formula is C21H24N4O2. The van der Waals surface area contributed by atoms with Crippen LogP contribution < -0.4 is 5.32 Å². The SMILES string of the molecule is CC1(C)C[C@H](Nc2ccc(-c3nc(Cc4ccccc4)no3)cn2)CCO1. The zero-order valence-corrected chi connectivity index (χ0v) is 15.7. The summed E-state index contributed by atoms with van der Waals surface area (Å²) >= 11 is 0. The molecule has 1 aromatic carbocycles. The van der Waals surface area contributed by atoms with E-state index in [0.29, 0.717) is 24.2 Å². The maximum atomic E-state index is 5.77. The van der Waals surface area contributed by atoms with Crippen molar-refractivity contribution in [3.63, 3.8) is 0 Å². The zero-order chi connectivity index (χ0) is 18.7. The van der Waals surface area contributed by atoms with E-state index in [1.807, 2.05) is 30.3 Å². The minimum Gasteiger partial charge on any atom is -0.375 e. The normalized spacial score (nSPS) is 19.0. The van der Waals surface area contributed by atoms with Crippen molar-refractivity contribution in [2.75, 3.05) is 11.9 Å². The number of benzene rings is 1. The second-order valence-corrected chi connectivity index (χ2v) is 7.55. The van der Waals surface area contributed by atoms with Crippen LogP contribution in [0.1, 0.15) is 38.1 Å². The maximum absolute atomic E-state index is 5.77. The maximum Gasteiger partial charge on any atom is 0.259 e. The van der Waals surface area contributed by atoms with Crippen LogP contribution in [-0.2, 0) is 11.2 Å². The van der Waals surface area contributed by atoms with E-state index in [4.69, 9.17) is 9.26 Å². The number of aromatic nitrogens is 3. The smallest absolute Gasteiger partial charge is 0.259 e. The van der Waals surface area contributed by atoms with Crippen molar-refractivity contribution < 1.29 is 9.26 Å². The fourth-order valence-electron chi connectivity index (χ4n) is 3.39. The number of ether oxygens (including phenoxy) is 1. The Bertz CT molecular complexity index is 875. The molecule has 0 unspecified atom stereocenters. The van der Waals surface area contributed by atoms with Crippen LogP contribution in [0.4, 0.5) is 5.82 Å². The molecule has 1 saturated heterocycles. The first kappa shape index (κ1) is 17.7. The Kier molecular flexibility index (Phi) is 4.90. The van der Waals surface area contributed by atoms with E-state index in [9.17, 15) is 0 Å². The highest BCUT2D eigenvalue weighted by Crippen LogP contribution is 2.26. The molecular weight excluding hydrogens is 340 g/mol. The number of pyridine rings is 1. The minimum atomic E-state index is -0.0885. The summed E-state index contributed by atoms with van der Waals surface area (Å²) in [5, 5.41) is 7.57. The van der Waals surface area contributed by atoms with Crippen LogP contribution in [0, 0.1) is 0 Å². The molecule has 4 rings (SSSR count). The Labute approximate surface area is 159 Å². The van der Waals surface area contributed by atoms with E-state index in [1.54, 1.807) is 6.20 Å². The van der Waals surface area contributed by atoms with Crippen LogP contribution in [0.3, 0.4) is 0 Å². The lowest BCUT2D eigenvalue weighted by Gasteiger charge is -2.36. The minimum absolute atomic E-state index is 0.0885. The highest BCUT2D eigenvalue weighted by atomic mass is 16.5. The van der Waals surface area contributed by atoms with Crippen molar-refractivity contribution in [1.29, 1.82) is 0 Å². The Morgan fingerprint density at radius 1 is 1.15 bits per heavy atom. The molecule has 1 fully saturated rings. The van der Waals surface area contributed by atoms with Crippen LogP contribution >= 0.6 is 0 Å². The molecule has 1 atom stereocenters. The monoisotopic (exact) mass is 364 g/mol. The summed E-state index contributed by atoms with van der Waals surface area (Å²) in [7, 11) is 0. The van der Waals surface area contributed by atoms with E-state index in [2.05, 4.69) is 46.4 Å². The summed E-state index contributed by atoms with van der Waals surface area (Å²) in [6, 6.07) is 14.4. The van der Waals surface area contributed by atoms with Gasteiger partial charge in [-0.2, -0.15) is 4.98 Å². The van der Waals surface area contributed by atoms with Crippen molar-refractivity contribution in [2.24, 2.45) is 0 Å². The molecule has 2 aromatic heterocycles. The molecule has 0 radical (unpaired) electrons. The van der Waals surface area contributed by atoms with Crippen LogP contribution in [0.25, 0.3) is 11.5 Å². The van der Waals surface area contributed by atoms with Crippen LogP contribution in [-0.4, -0.2) is 33.4 Å². The molecule has 1 aliphatic heterocycles. The fourth-order valence-corrected chi connectivity index (χ4v) is 3.39. The van der Waals surface area contributed by atoms with Gasteiger partial charge in [-0.05, 0) is 44.4 Å². The van der Waals surface area contributed by atoms with Crippen molar-refractivity contribution in [3.8, 4) is 11.5 Å². The molecule has 6 nitrogen and oxygen atoms in total. The number of nitrogens with one attached hydrogen (secondary N) is 1. The summed E-state index contributed by atoms with van der Waals surface area (Å²) < 4.78 is 11.2. The Hall–Kier alpha value is -2.73. The summed E-state index contributed by atoms with van der Waals surface area (Å²) in [6.07, 6.45) is 4.37. The summed E-state index contributed by atoms with van der Waals surface area (Å²) in [5.41, 5.74) is 1.89. The largest absolute Gasteiger partial charge is 0.375 e. The van der Waals surface area contributed by atoms with Gasteiger partial charge in [-0.25, -0.2) is 4.98 Å². The summed E-state index contributed by atoms with van der Waals surface area (Å²) in [5.74, 6) is 2.01. The van der Waals surface area contributed by atoms with Gasteiger partial charge in [-0.1, -0.05) is 35.5 Å². The first-order valence-electron chi connectivity index (χ1n) is 9.31.